The fraction of sp³-hybridized carbons (Fsp3) is 0.238. The van der Waals surface area contributed by atoms with Gasteiger partial charge in [-0.3, -0.25) is 14.4 Å². The summed E-state index contributed by atoms with van der Waals surface area (Å²) >= 11 is 5.76. The average molecular weight is 414 g/mol. The zero-order valence-corrected chi connectivity index (χ0v) is 16.6. The number of benzene rings is 2. The molecule has 2 aromatic rings. The van der Waals surface area contributed by atoms with E-state index in [0.29, 0.717) is 16.3 Å². The lowest BCUT2D eigenvalue weighted by Gasteiger charge is -2.21. The zero-order valence-electron chi connectivity index (χ0n) is 15.9. The second-order valence-corrected chi connectivity index (χ2v) is 6.58. The van der Waals surface area contributed by atoms with E-state index in [2.05, 4.69) is 5.32 Å². The van der Waals surface area contributed by atoms with E-state index >= 15 is 0 Å². The lowest BCUT2D eigenvalue weighted by atomic mass is 10.2. The van der Waals surface area contributed by atoms with E-state index in [-0.39, 0.29) is 19.5 Å². The predicted octanol–water partition coefficient (Wildman–Crippen LogP) is 2.87. The molecule has 0 fully saturated rings. The van der Waals surface area contributed by atoms with Crippen LogP contribution in [-0.2, 0) is 14.3 Å². The molecule has 150 valence electrons. The Morgan fingerprint density at radius 3 is 2.38 bits per heavy atom. The molecule has 2 amide bonds. The van der Waals surface area contributed by atoms with Gasteiger partial charge < -0.3 is 15.0 Å². The molecule has 0 heterocycles. The third-order valence-electron chi connectivity index (χ3n) is 3.95. The summed E-state index contributed by atoms with van der Waals surface area (Å²) in [5.41, 5.74) is 1.99. The molecule has 0 atom stereocenters. The van der Waals surface area contributed by atoms with Crippen LogP contribution in [0.15, 0.2) is 48.5 Å². The van der Waals surface area contributed by atoms with Gasteiger partial charge in [-0.1, -0.05) is 29.3 Å². The summed E-state index contributed by atoms with van der Waals surface area (Å²) in [6.45, 7) is 1.24. The maximum atomic E-state index is 12.5. The Hall–Kier alpha value is -3.37. The van der Waals surface area contributed by atoms with E-state index in [1.807, 2.05) is 25.1 Å². The Labute approximate surface area is 173 Å². The average Bonchev–Trinajstić information content (AvgIpc) is 2.72. The monoisotopic (exact) mass is 413 g/mol. The first-order valence-corrected chi connectivity index (χ1v) is 9.22. The van der Waals surface area contributed by atoms with Crippen molar-refractivity contribution in [3.63, 3.8) is 0 Å². The van der Waals surface area contributed by atoms with E-state index in [0.717, 1.165) is 5.56 Å². The van der Waals surface area contributed by atoms with Crippen molar-refractivity contribution in [1.82, 2.24) is 5.32 Å². The Morgan fingerprint density at radius 2 is 1.76 bits per heavy atom. The highest BCUT2D eigenvalue weighted by atomic mass is 35.5. The van der Waals surface area contributed by atoms with Crippen molar-refractivity contribution in [2.45, 2.75) is 13.3 Å². The van der Waals surface area contributed by atoms with E-state index in [4.69, 9.17) is 21.6 Å². The van der Waals surface area contributed by atoms with Crippen LogP contribution in [0, 0.1) is 18.3 Å². The highest BCUT2D eigenvalue weighted by Gasteiger charge is 2.18. The van der Waals surface area contributed by atoms with Crippen LogP contribution in [0.4, 0.5) is 5.69 Å². The van der Waals surface area contributed by atoms with E-state index in [9.17, 15) is 14.4 Å². The van der Waals surface area contributed by atoms with Crippen LogP contribution in [0.1, 0.15) is 22.3 Å². The van der Waals surface area contributed by atoms with Crippen LogP contribution in [0.5, 0.6) is 0 Å². The van der Waals surface area contributed by atoms with Crippen LogP contribution in [0.3, 0.4) is 0 Å². The van der Waals surface area contributed by atoms with Gasteiger partial charge in [0.15, 0.2) is 6.61 Å². The van der Waals surface area contributed by atoms with Crippen molar-refractivity contribution in [2.24, 2.45) is 0 Å². The lowest BCUT2D eigenvalue weighted by Crippen LogP contribution is -2.37. The molecule has 0 aliphatic heterocycles. The minimum atomic E-state index is -0.746. The molecule has 1 N–H and O–H groups in total. The summed E-state index contributed by atoms with van der Waals surface area (Å²) in [6, 6.07) is 15.4. The van der Waals surface area contributed by atoms with Crippen molar-refractivity contribution in [3.8, 4) is 6.07 Å². The SMILES string of the molecule is Cc1ccc(N(CCC#N)C(=O)COC(=O)CNC(=O)c2ccc(Cl)cc2)cc1. The van der Waals surface area contributed by atoms with Gasteiger partial charge in [-0.15, -0.1) is 0 Å². The first-order valence-electron chi connectivity index (χ1n) is 8.84. The Bertz CT molecular complexity index is 905. The Morgan fingerprint density at radius 1 is 1.10 bits per heavy atom. The minimum absolute atomic E-state index is 0.144. The molecule has 29 heavy (non-hydrogen) atoms. The number of amides is 2. The molecule has 0 spiro atoms. The maximum Gasteiger partial charge on any atom is 0.325 e. The van der Waals surface area contributed by atoms with E-state index in [1.54, 1.807) is 24.3 Å². The van der Waals surface area contributed by atoms with Crippen LogP contribution in [-0.4, -0.2) is 37.5 Å². The molecule has 0 saturated heterocycles. The van der Waals surface area contributed by atoms with Gasteiger partial charge in [-0.05, 0) is 43.3 Å². The highest BCUT2D eigenvalue weighted by molar-refractivity contribution is 6.30. The number of nitrogens with zero attached hydrogens (tertiary/aromatic N) is 2. The summed E-state index contributed by atoms with van der Waals surface area (Å²) in [6.07, 6.45) is 0.144. The van der Waals surface area contributed by atoms with Gasteiger partial charge in [0.1, 0.15) is 6.54 Å². The largest absolute Gasteiger partial charge is 0.454 e. The molecule has 0 unspecified atom stereocenters. The zero-order chi connectivity index (χ0) is 21.2. The maximum absolute atomic E-state index is 12.5. The number of nitrogens with one attached hydrogen (secondary N) is 1. The fourth-order valence-corrected chi connectivity index (χ4v) is 2.54. The predicted molar refractivity (Wildman–Crippen MR) is 109 cm³/mol. The third-order valence-corrected chi connectivity index (χ3v) is 4.20. The molecule has 0 aromatic heterocycles. The fourth-order valence-electron chi connectivity index (χ4n) is 2.41. The normalized spacial score (nSPS) is 9.97. The van der Waals surface area contributed by atoms with Gasteiger partial charge in [0.05, 0.1) is 12.5 Å². The summed E-state index contributed by atoms with van der Waals surface area (Å²) in [5.74, 6) is -1.66. The van der Waals surface area contributed by atoms with Crippen molar-refractivity contribution >= 4 is 35.1 Å². The van der Waals surface area contributed by atoms with Crippen molar-refractivity contribution < 1.29 is 19.1 Å². The van der Waals surface area contributed by atoms with E-state index in [1.165, 1.54) is 17.0 Å². The topological polar surface area (TPSA) is 99.5 Å². The summed E-state index contributed by atoms with van der Waals surface area (Å²) < 4.78 is 4.97. The van der Waals surface area contributed by atoms with Crippen LogP contribution in [0.25, 0.3) is 0 Å². The quantitative estimate of drug-likeness (QED) is 0.671. The number of ether oxygens (including phenoxy) is 1. The van der Waals surface area contributed by atoms with Crippen molar-refractivity contribution in [3.05, 3.63) is 64.7 Å². The number of esters is 1. The molecular weight excluding hydrogens is 394 g/mol. The standard InChI is InChI=1S/C21H20ClN3O4/c1-15-3-9-18(10-4-15)25(12-2-11-23)19(26)14-29-20(27)13-24-21(28)16-5-7-17(22)8-6-16/h3-10H,2,12-14H2,1H3,(H,24,28). The molecule has 8 heteroatoms. The van der Waals surface area contributed by atoms with Gasteiger partial charge in [0.25, 0.3) is 11.8 Å². The van der Waals surface area contributed by atoms with Gasteiger partial charge in [-0.25, -0.2) is 0 Å². The number of halogens is 1. The van der Waals surface area contributed by atoms with Gasteiger partial charge in [0, 0.05) is 22.8 Å². The highest BCUT2D eigenvalue weighted by Crippen LogP contribution is 2.16. The number of nitriles is 1. The van der Waals surface area contributed by atoms with E-state index < -0.39 is 24.4 Å². The number of hydrogen-bond acceptors (Lipinski definition) is 5. The van der Waals surface area contributed by atoms with Gasteiger partial charge >= 0.3 is 5.97 Å². The molecule has 0 aliphatic carbocycles. The van der Waals surface area contributed by atoms with Crippen LogP contribution < -0.4 is 10.2 Å². The number of hydrogen-bond donors (Lipinski definition) is 1. The van der Waals surface area contributed by atoms with Gasteiger partial charge in [-0.2, -0.15) is 5.26 Å². The minimum Gasteiger partial charge on any atom is -0.454 e. The lowest BCUT2D eigenvalue weighted by molar-refractivity contribution is -0.146. The van der Waals surface area contributed by atoms with Gasteiger partial charge in [0.2, 0.25) is 0 Å². The molecule has 7 nitrogen and oxygen atoms in total. The summed E-state index contributed by atoms with van der Waals surface area (Å²) in [5, 5.41) is 11.7. The first kappa shape index (κ1) is 21.9. The number of carbonyl (C=O) groups is 3. The Kier molecular flexibility index (Phi) is 8.19. The number of rotatable bonds is 8. The Balaban J connectivity index is 1.87. The second-order valence-electron chi connectivity index (χ2n) is 6.14. The van der Waals surface area contributed by atoms with Crippen molar-refractivity contribution in [1.29, 1.82) is 5.26 Å². The smallest absolute Gasteiger partial charge is 0.325 e. The molecule has 0 saturated carbocycles. The molecule has 2 rings (SSSR count). The van der Waals surface area contributed by atoms with Crippen molar-refractivity contribution in [2.75, 3.05) is 24.6 Å². The molecular formula is C21H20ClN3O4. The van der Waals surface area contributed by atoms with Crippen LogP contribution >= 0.6 is 11.6 Å². The third kappa shape index (κ3) is 6.94. The number of aryl methyl sites for hydroxylation is 1. The summed E-state index contributed by atoms with van der Waals surface area (Å²) in [4.78, 5) is 37.7. The van der Waals surface area contributed by atoms with Crippen LogP contribution in [0.2, 0.25) is 5.02 Å². The second kappa shape index (κ2) is 10.8. The first-order chi connectivity index (χ1) is 13.9. The number of anilines is 1. The summed E-state index contributed by atoms with van der Waals surface area (Å²) in [7, 11) is 0. The molecule has 0 radical (unpaired) electrons. The molecule has 2 aromatic carbocycles. The number of carbonyl (C=O) groups excluding carboxylic acids is 3. The molecule has 0 bridgehead atoms. The molecule has 0 aliphatic rings.